The molecule has 10 nitrogen and oxygen atoms in total. The second-order valence-electron chi connectivity index (χ2n) is 8.07. The van der Waals surface area contributed by atoms with Crippen LogP contribution in [0.1, 0.15) is 36.3 Å². The van der Waals surface area contributed by atoms with Gasteiger partial charge >= 0.3 is 0 Å². The molecular formula is C23H21FN8O2. The molecule has 0 saturated heterocycles. The molecule has 6 rings (SSSR count). The minimum atomic E-state index is -0.652. The quantitative estimate of drug-likeness (QED) is 0.398. The van der Waals surface area contributed by atoms with Gasteiger partial charge in [0.15, 0.2) is 11.3 Å². The Hall–Kier alpha value is -4.12. The molecule has 0 bridgehead atoms. The van der Waals surface area contributed by atoms with E-state index < -0.39 is 6.10 Å². The van der Waals surface area contributed by atoms with Crippen molar-refractivity contribution in [3.05, 3.63) is 65.8 Å². The number of fused-ring (bicyclic) bond motifs is 3. The van der Waals surface area contributed by atoms with E-state index in [1.807, 2.05) is 19.1 Å². The summed E-state index contributed by atoms with van der Waals surface area (Å²) >= 11 is 0. The topological polar surface area (TPSA) is 115 Å². The molecule has 5 heterocycles. The van der Waals surface area contributed by atoms with Gasteiger partial charge in [-0.25, -0.2) is 18.9 Å². The van der Waals surface area contributed by atoms with Crippen molar-refractivity contribution in [1.29, 1.82) is 0 Å². The van der Waals surface area contributed by atoms with Crippen molar-refractivity contribution in [3.63, 3.8) is 0 Å². The van der Waals surface area contributed by atoms with E-state index in [1.54, 1.807) is 27.5 Å². The maximum absolute atomic E-state index is 14.5. The second-order valence-corrected chi connectivity index (χ2v) is 8.07. The molecule has 172 valence electrons. The molecule has 0 amide bonds. The van der Waals surface area contributed by atoms with Gasteiger partial charge in [-0.3, -0.25) is 4.40 Å². The van der Waals surface area contributed by atoms with Crippen LogP contribution in [0.2, 0.25) is 0 Å². The largest absolute Gasteiger partial charge is 0.493 e. The fraction of sp³-hybridized carbons (Fsp3) is 0.261. The van der Waals surface area contributed by atoms with E-state index in [1.165, 1.54) is 12.4 Å². The summed E-state index contributed by atoms with van der Waals surface area (Å²) < 4.78 is 23.4. The number of benzene rings is 1. The fourth-order valence-corrected chi connectivity index (χ4v) is 4.41. The molecule has 0 fully saturated rings. The molecule has 0 unspecified atom stereocenters. The molecule has 1 aliphatic rings. The molecule has 1 atom stereocenters. The highest BCUT2D eigenvalue weighted by molar-refractivity contribution is 5.86. The smallest absolute Gasteiger partial charge is 0.210 e. The Morgan fingerprint density at radius 2 is 2.09 bits per heavy atom. The molecule has 2 N–H and O–H groups in total. The number of hydrogen-bond acceptors (Lipinski definition) is 8. The van der Waals surface area contributed by atoms with Crippen molar-refractivity contribution < 1.29 is 14.2 Å². The number of ether oxygens (including phenoxy) is 1. The molecule has 0 saturated carbocycles. The van der Waals surface area contributed by atoms with Gasteiger partial charge in [0.1, 0.15) is 24.2 Å². The minimum Gasteiger partial charge on any atom is -0.493 e. The number of aliphatic hydroxyl groups excluding tert-OH is 1. The van der Waals surface area contributed by atoms with E-state index in [9.17, 15) is 9.50 Å². The number of anilines is 1. The fourth-order valence-electron chi connectivity index (χ4n) is 4.41. The van der Waals surface area contributed by atoms with E-state index in [0.29, 0.717) is 53.5 Å². The van der Waals surface area contributed by atoms with Crippen molar-refractivity contribution in [1.82, 2.24) is 34.2 Å². The zero-order valence-electron chi connectivity index (χ0n) is 18.3. The third-order valence-corrected chi connectivity index (χ3v) is 6.17. The molecule has 34 heavy (non-hydrogen) atoms. The first-order valence-corrected chi connectivity index (χ1v) is 11.0. The van der Waals surface area contributed by atoms with Crippen LogP contribution in [0.4, 0.5) is 10.3 Å². The molecule has 0 radical (unpaired) electrons. The first kappa shape index (κ1) is 20.5. The lowest BCUT2D eigenvalue weighted by Crippen LogP contribution is -2.10. The van der Waals surface area contributed by atoms with E-state index in [4.69, 9.17) is 4.74 Å². The van der Waals surface area contributed by atoms with Gasteiger partial charge in [0.25, 0.3) is 0 Å². The SMILES string of the molecule is CC[C@@H](O)c1ccc(-c2cnc(NCc3c(F)ccc4c3CCO4)n3cnnc23)c2ncnn12. The first-order chi connectivity index (χ1) is 16.7. The number of halogens is 1. The number of nitrogens with one attached hydrogen (secondary N) is 1. The number of aliphatic hydroxyl groups is 1. The molecule has 11 heteroatoms. The average molecular weight is 460 g/mol. The van der Waals surface area contributed by atoms with Crippen LogP contribution in [0.3, 0.4) is 0 Å². The molecule has 1 aliphatic heterocycles. The summed E-state index contributed by atoms with van der Waals surface area (Å²) in [4.78, 5) is 8.96. The third-order valence-electron chi connectivity index (χ3n) is 6.17. The van der Waals surface area contributed by atoms with Gasteiger partial charge < -0.3 is 15.2 Å². The van der Waals surface area contributed by atoms with Gasteiger partial charge in [-0.05, 0) is 30.7 Å². The maximum Gasteiger partial charge on any atom is 0.210 e. The molecular weight excluding hydrogens is 439 g/mol. The van der Waals surface area contributed by atoms with Crippen LogP contribution < -0.4 is 10.1 Å². The monoisotopic (exact) mass is 460 g/mol. The summed E-state index contributed by atoms with van der Waals surface area (Å²) in [5, 5.41) is 26.2. The number of nitrogens with zero attached hydrogens (tertiary/aromatic N) is 7. The third kappa shape index (κ3) is 3.16. The summed E-state index contributed by atoms with van der Waals surface area (Å²) in [6.07, 6.45) is 5.27. The number of aromatic nitrogens is 7. The Bertz CT molecular complexity index is 1530. The summed E-state index contributed by atoms with van der Waals surface area (Å²) in [5.74, 6) is 0.928. The van der Waals surface area contributed by atoms with Gasteiger partial charge in [-0.1, -0.05) is 6.92 Å². The predicted molar refractivity (Wildman–Crippen MR) is 121 cm³/mol. The van der Waals surface area contributed by atoms with Crippen LogP contribution in [-0.4, -0.2) is 45.9 Å². The normalized spacial score (nSPS) is 13.9. The summed E-state index contributed by atoms with van der Waals surface area (Å²) in [6, 6.07) is 6.79. The Morgan fingerprint density at radius 1 is 1.18 bits per heavy atom. The zero-order valence-corrected chi connectivity index (χ0v) is 18.3. The van der Waals surface area contributed by atoms with Crippen molar-refractivity contribution in [3.8, 4) is 16.9 Å². The van der Waals surface area contributed by atoms with Gasteiger partial charge in [0.2, 0.25) is 5.95 Å². The van der Waals surface area contributed by atoms with Crippen LogP contribution in [-0.2, 0) is 13.0 Å². The molecule has 4 aromatic heterocycles. The van der Waals surface area contributed by atoms with Gasteiger partial charge in [0.05, 0.1) is 18.4 Å². The lowest BCUT2D eigenvalue weighted by atomic mass is 10.0. The number of hydrogen-bond donors (Lipinski definition) is 2. The molecule has 5 aromatic rings. The maximum atomic E-state index is 14.5. The summed E-state index contributed by atoms with van der Waals surface area (Å²) in [7, 11) is 0. The van der Waals surface area contributed by atoms with Crippen molar-refractivity contribution in [2.24, 2.45) is 0 Å². The lowest BCUT2D eigenvalue weighted by molar-refractivity contribution is 0.166. The van der Waals surface area contributed by atoms with Crippen LogP contribution in [0, 0.1) is 5.82 Å². The Balaban J connectivity index is 1.38. The van der Waals surface area contributed by atoms with Crippen LogP contribution >= 0.6 is 0 Å². The number of pyridine rings is 1. The Kier molecular flexibility index (Phi) is 4.84. The van der Waals surface area contributed by atoms with E-state index in [0.717, 1.165) is 16.9 Å². The van der Waals surface area contributed by atoms with Crippen molar-refractivity contribution in [2.45, 2.75) is 32.4 Å². The number of rotatable bonds is 6. The highest BCUT2D eigenvalue weighted by Gasteiger charge is 2.21. The van der Waals surface area contributed by atoms with Crippen LogP contribution in [0.5, 0.6) is 5.75 Å². The Labute approximate surface area is 193 Å². The highest BCUT2D eigenvalue weighted by Crippen LogP contribution is 2.32. The van der Waals surface area contributed by atoms with E-state index >= 15 is 0 Å². The van der Waals surface area contributed by atoms with Crippen LogP contribution in [0.15, 0.2) is 43.1 Å². The van der Waals surface area contributed by atoms with E-state index in [2.05, 4.69) is 30.6 Å². The second kappa shape index (κ2) is 8.03. The highest BCUT2D eigenvalue weighted by atomic mass is 19.1. The summed E-state index contributed by atoms with van der Waals surface area (Å²) in [6.45, 7) is 2.70. The van der Waals surface area contributed by atoms with Gasteiger partial charge in [0, 0.05) is 41.4 Å². The van der Waals surface area contributed by atoms with Gasteiger partial charge in [-0.15, -0.1) is 10.2 Å². The standard InChI is InChI=1S/C23H21FN8O2/c1-2-19(33)18-5-3-14(21-27-11-29-32(18)21)16-10-26-23(31-12-28-30-22(16)31)25-9-15-13-7-8-34-20(13)6-4-17(15)24/h3-6,10-12,19,33H,2,7-9H2,1H3,(H,25,26)/t19-/m1/s1. The molecule has 0 aliphatic carbocycles. The Morgan fingerprint density at radius 3 is 2.97 bits per heavy atom. The average Bonchev–Trinajstić information content (AvgIpc) is 3.62. The van der Waals surface area contributed by atoms with E-state index in [-0.39, 0.29) is 12.4 Å². The lowest BCUT2D eigenvalue weighted by Gasteiger charge is -2.14. The van der Waals surface area contributed by atoms with Crippen molar-refractivity contribution >= 4 is 17.2 Å². The van der Waals surface area contributed by atoms with Crippen molar-refractivity contribution in [2.75, 3.05) is 11.9 Å². The predicted octanol–water partition coefficient (Wildman–Crippen LogP) is 2.96. The molecule has 1 aromatic carbocycles. The minimum absolute atomic E-state index is 0.246. The first-order valence-electron chi connectivity index (χ1n) is 11.0. The molecule has 0 spiro atoms. The van der Waals surface area contributed by atoms with Gasteiger partial charge in [-0.2, -0.15) is 5.10 Å². The van der Waals surface area contributed by atoms with Crippen LogP contribution in [0.25, 0.3) is 22.4 Å². The summed E-state index contributed by atoms with van der Waals surface area (Å²) in [5.41, 5.74) is 4.71. The zero-order chi connectivity index (χ0) is 23.2.